The van der Waals surface area contributed by atoms with Crippen molar-refractivity contribution in [1.82, 2.24) is 9.80 Å². The van der Waals surface area contributed by atoms with Crippen LogP contribution in [0.3, 0.4) is 0 Å². The van der Waals surface area contributed by atoms with Gasteiger partial charge in [0, 0.05) is 19.0 Å². The second-order valence-corrected chi connectivity index (χ2v) is 7.75. The van der Waals surface area contributed by atoms with E-state index in [0.29, 0.717) is 9.23 Å². The predicted octanol–water partition coefficient (Wildman–Crippen LogP) is 0.773. The first-order chi connectivity index (χ1) is 9.75. The molecule has 2 N–H and O–H groups in total. The average molecular weight is 348 g/mol. The van der Waals surface area contributed by atoms with E-state index in [1.807, 2.05) is 14.1 Å². The summed E-state index contributed by atoms with van der Waals surface area (Å²) in [7, 11) is 3.62. The number of fused-ring (bicyclic) bond motifs is 1. The lowest BCUT2D eigenvalue weighted by Gasteiger charge is -2.44. The molecule has 21 heavy (non-hydrogen) atoms. The maximum Gasteiger partial charge on any atom is 0.331 e. The zero-order valence-electron chi connectivity index (χ0n) is 11.7. The van der Waals surface area contributed by atoms with E-state index >= 15 is 0 Å². The van der Waals surface area contributed by atoms with Crippen LogP contribution in [-0.4, -0.2) is 67.8 Å². The van der Waals surface area contributed by atoms with Gasteiger partial charge in [-0.1, -0.05) is 24.0 Å². The minimum atomic E-state index is -1.06. The molecule has 1 amide bonds. The van der Waals surface area contributed by atoms with Crippen LogP contribution in [0.15, 0.2) is 10.3 Å². The Morgan fingerprint density at radius 1 is 1.57 bits per heavy atom. The van der Waals surface area contributed by atoms with Crippen LogP contribution in [0, 0.1) is 5.92 Å². The fourth-order valence-corrected chi connectivity index (χ4v) is 4.77. The molecular formula is C12H16N2O4S3. The lowest BCUT2D eigenvalue weighted by atomic mass is 9.91. The molecule has 2 heterocycles. The summed E-state index contributed by atoms with van der Waals surface area (Å²) in [6, 6.07) is -0.972. The number of carboxylic acid groups (broad SMARTS) is 1. The molecule has 0 aliphatic carbocycles. The number of thiocarbonyl (C=S) groups is 1. The van der Waals surface area contributed by atoms with E-state index in [-0.39, 0.29) is 11.3 Å². The van der Waals surface area contributed by atoms with Crippen molar-refractivity contribution >= 4 is 51.9 Å². The number of aliphatic carboxylic acids is 1. The molecule has 0 bridgehead atoms. The highest BCUT2D eigenvalue weighted by Crippen LogP contribution is 2.51. The molecule has 0 aromatic carbocycles. The van der Waals surface area contributed by atoms with E-state index in [1.54, 1.807) is 17.2 Å². The quantitative estimate of drug-likeness (QED) is 0.572. The third-order valence-electron chi connectivity index (χ3n) is 3.32. The Labute approximate surface area is 136 Å². The molecule has 2 aliphatic heterocycles. The van der Waals surface area contributed by atoms with Crippen molar-refractivity contribution in [3.63, 3.8) is 0 Å². The van der Waals surface area contributed by atoms with Crippen LogP contribution in [-0.2, 0) is 9.59 Å². The van der Waals surface area contributed by atoms with Gasteiger partial charge in [0.2, 0.25) is 5.91 Å². The highest BCUT2D eigenvalue weighted by atomic mass is 32.2. The van der Waals surface area contributed by atoms with Gasteiger partial charge in [0.05, 0.1) is 17.4 Å². The highest BCUT2D eigenvalue weighted by molar-refractivity contribution is 8.25. The standard InChI is InChI=1S/C12H16N2O4S3/c1-5(15)7-9(16)14-8(11(17)18)6(21-10(7)14)4-20-12(19)13(2)3/h4-5,7-8,10,15H,1-3H3,(H,17,18)/t5-,7+,8?,10-/m1/s1. The molecule has 2 aliphatic rings. The van der Waals surface area contributed by atoms with Gasteiger partial charge in [0.15, 0.2) is 6.04 Å². The summed E-state index contributed by atoms with van der Waals surface area (Å²) in [5, 5.41) is 20.4. The molecule has 0 aromatic heterocycles. The third kappa shape index (κ3) is 2.92. The molecule has 9 heteroatoms. The molecule has 4 atom stereocenters. The SMILES string of the molecule is C[C@@H](O)[C@H]1C(=O)N2C(C(=O)O)C(=CSC(=S)N(C)C)S[C@H]12. The van der Waals surface area contributed by atoms with Gasteiger partial charge in [0.1, 0.15) is 4.32 Å². The maximum absolute atomic E-state index is 12.0. The fourth-order valence-electron chi connectivity index (χ4n) is 2.25. The Bertz CT molecular complexity index is 521. The van der Waals surface area contributed by atoms with Crippen molar-refractivity contribution < 1.29 is 19.8 Å². The van der Waals surface area contributed by atoms with E-state index in [1.165, 1.54) is 28.4 Å². The zero-order chi connectivity index (χ0) is 15.9. The molecule has 0 aromatic rings. The Morgan fingerprint density at radius 2 is 2.19 bits per heavy atom. The number of carboxylic acids is 1. The number of nitrogens with zero attached hydrogens (tertiary/aromatic N) is 2. The zero-order valence-corrected chi connectivity index (χ0v) is 14.2. The van der Waals surface area contributed by atoms with Gasteiger partial charge in [-0.25, -0.2) is 4.79 Å². The Balaban J connectivity index is 2.19. The van der Waals surface area contributed by atoms with E-state index in [2.05, 4.69) is 0 Å². The molecule has 6 nitrogen and oxygen atoms in total. The number of carbonyl (C=O) groups is 2. The molecular weight excluding hydrogens is 332 g/mol. The first kappa shape index (κ1) is 16.6. The van der Waals surface area contributed by atoms with Crippen LogP contribution >= 0.6 is 35.7 Å². The second kappa shape index (κ2) is 6.15. The molecule has 0 spiro atoms. The van der Waals surface area contributed by atoms with Gasteiger partial charge in [-0.15, -0.1) is 11.8 Å². The van der Waals surface area contributed by atoms with E-state index in [4.69, 9.17) is 12.2 Å². The highest BCUT2D eigenvalue weighted by Gasteiger charge is 2.60. The van der Waals surface area contributed by atoms with Crippen LogP contribution in [0.5, 0.6) is 0 Å². The number of rotatable bonds is 3. The summed E-state index contributed by atoms with van der Waals surface area (Å²) in [6.45, 7) is 1.55. The van der Waals surface area contributed by atoms with Gasteiger partial charge in [0.25, 0.3) is 0 Å². The monoisotopic (exact) mass is 348 g/mol. The van der Waals surface area contributed by atoms with Gasteiger partial charge in [-0.3, -0.25) is 4.79 Å². The summed E-state index contributed by atoms with van der Waals surface area (Å²) in [6.07, 6.45) is -0.782. The van der Waals surface area contributed by atoms with Gasteiger partial charge in [-0.05, 0) is 12.3 Å². The molecule has 1 unspecified atom stereocenters. The van der Waals surface area contributed by atoms with Crippen molar-refractivity contribution in [2.45, 2.75) is 24.4 Å². The largest absolute Gasteiger partial charge is 0.479 e. The van der Waals surface area contributed by atoms with Crippen LogP contribution in [0.1, 0.15) is 6.92 Å². The molecule has 116 valence electrons. The Hall–Kier alpha value is -0.770. The number of amides is 1. The van der Waals surface area contributed by atoms with Crippen molar-refractivity contribution in [3.8, 4) is 0 Å². The number of β-lactam (4-membered cyclic amide) rings is 1. The number of carbonyl (C=O) groups excluding carboxylic acids is 1. The number of hydrogen-bond donors (Lipinski definition) is 2. The van der Waals surface area contributed by atoms with Crippen LogP contribution < -0.4 is 0 Å². The number of thioether (sulfide) groups is 2. The summed E-state index contributed by atoms with van der Waals surface area (Å²) in [5.41, 5.74) is 0. The van der Waals surface area contributed by atoms with Gasteiger partial charge < -0.3 is 20.0 Å². The van der Waals surface area contributed by atoms with Crippen molar-refractivity contribution in [1.29, 1.82) is 0 Å². The summed E-state index contributed by atoms with van der Waals surface area (Å²) in [5.74, 6) is -1.91. The number of aliphatic hydroxyl groups is 1. The third-order valence-corrected chi connectivity index (χ3v) is 6.44. The molecule has 0 saturated carbocycles. The fraction of sp³-hybridized carbons (Fsp3) is 0.583. The van der Waals surface area contributed by atoms with E-state index < -0.39 is 24.0 Å². The number of aliphatic hydroxyl groups excluding tert-OH is 1. The van der Waals surface area contributed by atoms with Crippen LogP contribution in [0.2, 0.25) is 0 Å². The molecule has 0 radical (unpaired) electrons. The lowest BCUT2D eigenvalue weighted by Crippen LogP contribution is -2.63. The molecule has 2 saturated heterocycles. The number of hydrogen-bond acceptors (Lipinski definition) is 6. The average Bonchev–Trinajstić information content (AvgIpc) is 2.69. The Kier molecular flexibility index (Phi) is 4.86. The smallest absolute Gasteiger partial charge is 0.331 e. The molecule has 2 fully saturated rings. The van der Waals surface area contributed by atoms with Gasteiger partial charge >= 0.3 is 5.97 Å². The van der Waals surface area contributed by atoms with Crippen molar-refractivity contribution in [3.05, 3.63) is 10.3 Å². The molecule has 2 rings (SSSR count). The van der Waals surface area contributed by atoms with Crippen molar-refractivity contribution in [2.75, 3.05) is 14.1 Å². The maximum atomic E-state index is 12.0. The predicted molar refractivity (Wildman–Crippen MR) is 86.8 cm³/mol. The lowest BCUT2D eigenvalue weighted by molar-refractivity contribution is -0.165. The first-order valence-corrected chi connectivity index (χ1v) is 8.40. The minimum Gasteiger partial charge on any atom is -0.479 e. The van der Waals surface area contributed by atoms with Crippen molar-refractivity contribution in [2.24, 2.45) is 5.92 Å². The van der Waals surface area contributed by atoms with E-state index in [0.717, 1.165) is 0 Å². The second-order valence-electron chi connectivity index (χ2n) is 5.06. The minimum absolute atomic E-state index is 0.307. The normalized spacial score (nSPS) is 30.9. The topological polar surface area (TPSA) is 81.1 Å². The summed E-state index contributed by atoms with van der Waals surface area (Å²) in [4.78, 5) is 27.1. The Morgan fingerprint density at radius 3 is 2.67 bits per heavy atom. The first-order valence-electron chi connectivity index (χ1n) is 6.23. The van der Waals surface area contributed by atoms with E-state index in [9.17, 15) is 19.8 Å². The van der Waals surface area contributed by atoms with Crippen LogP contribution in [0.4, 0.5) is 0 Å². The van der Waals surface area contributed by atoms with Crippen LogP contribution in [0.25, 0.3) is 0 Å². The summed E-state index contributed by atoms with van der Waals surface area (Å²) < 4.78 is 0.611. The summed E-state index contributed by atoms with van der Waals surface area (Å²) >= 11 is 7.72. The van der Waals surface area contributed by atoms with Gasteiger partial charge in [-0.2, -0.15) is 0 Å².